The third-order valence-electron chi connectivity index (χ3n) is 8.59. The first kappa shape index (κ1) is 27.1. The topological polar surface area (TPSA) is 27.7 Å². The van der Waals surface area contributed by atoms with Crippen molar-refractivity contribution in [1.29, 1.82) is 0 Å². The number of anilines is 1. The van der Waals surface area contributed by atoms with Gasteiger partial charge in [-0.25, -0.2) is 17.6 Å². The van der Waals surface area contributed by atoms with E-state index in [1.165, 1.54) is 17.0 Å². The highest BCUT2D eigenvalue weighted by Gasteiger charge is 2.44. The summed E-state index contributed by atoms with van der Waals surface area (Å²) >= 11 is 0. The number of nitrogens with one attached hydrogen (secondary N) is 1. The highest BCUT2D eigenvalue weighted by Crippen LogP contribution is 2.44. The summed E-state index contributed by atoms with van der Waals surface area (Å²) < 4.78 is 66.1. The molecule has 1 N–H and O–H groups in total. The number of fused-ring (bicyclic) bond motifs is 1. The van der Waals surface area contributed by atoms with Crippen LogP contribution in [0.3, 0.4) is 0 Å². The van der Waals surface area contributed by atoms with Crippen LogP contribution in [0, 0.1) is 17.0 Å². The van der Waals surface area contributed by atoms with E-state index in [1.807, 2.05) is 41.3 Å². The molecule has 0 saturated carbocycles. The number of rotatable bonds is 7. The van der Waals surface area contributed by atoms with Crippen LogP contribution < -0.4 is 15.0 Å². The molecule has 0 bridgehead atoms. The van der Waals surface area contributed by atoms with E-state index >= 15 is 8.78 Å². The maximum atomic E-state index is 15.8. The molecule has 3 aromatic carbocycles. The zero-order chi connectivity index (χ0) is 27.9. The van der Waals surface area contributed by atoms with Crippen LogP contribution in [-0.2, 0) is 13.0 Å². The number of hydrogen-bond donors (Lipinski definition) is 1. The molecule has 3 heterocycles. The lowest BCUT2D eigenvalue weighted by Crippen LogP contribution is -2.60. The van der Waals surface area contributed by atoms with Gasteiger partial charge in [-0.2, -0.15) is 0 Å². The van der Waals surface area contributed by atoms with Crippen molar-refractivity contribution in [2.45, 2.75) is 44.8 Å². The number of ether oxygens (including phenoxy) is 1. The summed E-state index contributed by atoms with van der Waals surface area (Å²) in [6.07, 6.45) is 2.60. The van der Waals surface area contributed by atoms with E-state index in [0.29, 0.717) is 30.0 Å². The van der Waals surface area contributed by atoms with Crippen molar-refractivity contribution in [1.82, 2.24) is 10.2 Å². The first-order valence-electron chi connectivity index (χ1n) is 14.1. The monoisotopic (exact) mass is 553 g/mol. The molecule has 212 valence electrons. The van der Waals surface area contributed by atoms with Gasteiger partial charge in [0, 0.05) is 43.2 Å². The molecule has 1 spiro atoms. The number of hydrogen-bond acceptors (Lipinski definition) is 4. The third-order valence-corrected chi connectivity index (χ3v) is 8.59. The van der Waals surface area contributed by atoms with Gasteiger partial charge in [-0.1, -0.05) is 36.4 Å². The summed E-state index contributed by atoms with van der Waals surface area (Å²) in [5.74, 6) is -3.78. The number of benzene rings is 3. The van der Waals surface area contributed by atoms with Crippen molar-refractivity contribution in [3.8, 4) is 5.75 Å². The van der Waals surface area contributed by atoms with Crippen molar-refractivity contribution >= 4 is 5.69 Å². The highest BCUT2D eigenvalue weighted by atomic mass is 19.3. The highest BCUT2D eigenvalue weighted by molar-refractivity contribution is 5.54. The SMILES string of the molecule is CC(F)(F)CN1CCc2cc(OCc3ccccc3)ccc2C1c1c(F)cc(N2CC3(CCNCC3)C2)cc1F. The quantitative estimate of drug-likeness (QED) is 0.346. The van der Waals surface area contributed by atoms with Gasteiger partial charge >= 0.3 is 0 Å². The second-order valence-corrected chi connectivity index (χ2v) is 11.8. The molecule has 0 aliphatic carbocycles. The van der Waals surface area contributed by atoms with E-state index in [-0.39, 0.29) is 17.5 Å². The standard InChI is InChI=1S/C32H35F4N3O/c1-31(35,36)19-38-14-9-23-15-25(40-18-22-5-3-2-4-6-22)7-8-26(23)30(38)29-27(33)16-24(17-28(29)34)39-20-32(21-39)10-12-37-13-11-32/h2-8,15-17,30,37H,9-14,18-21H2,1H3. The Labute approximate surface area is 232 Å². The summed E-state index contributed by atoms with van der Waals surface area (Å²) in [5, 5.41) is 3.37. The van der Waals surface area contributed by atoms with Crippen LogP contribution in [0.25, 0.3) is 0 Å². The molecule has 1 unspecified atom stereocenters. The van der Waals surface area contributed by atoms with Gasteiger partial charge in [0.1, 0.15) is 24.0 Å². The molecule has 3 aliphatic rings. The lowest BCUT2D eigenvalue weighted by molar-refractivity contribution is -0.0245. The van der Waals surface area contributed by atoms with E-state index in [1.54, 1.807) is 12.1 Å². The summed E-state index contributed by atoms with van der Waals surface area (Å²) in [4.78, 5) is 3.52. The minimum atomic E-state index is -3.01. The first-order valence-corrected chi connectivity index (χ1v) is 14.1. The zero-order valence-electron chi connectivity index (χ0n) is 22.7. The summed E-state index contributed by atoms with van der Waals surface area (Å²) in [5.41, 5.74) is 3.05. The Hall–Kier alpha value is -3.10. The van der Waals surface area contributed by atoms with Gasteiger partial charge in [-0.05, 0) is 73.3 Å². The molecule has 0 radical (unpaired) electrons. The fourth-order valence-corrected chi connectivity index (χ4v) is 6.59. The first-order chi connectivity index (χ1) is 19.2. The summed E-state index contributed by atoms with van der Waals surface area (Å²) in [7, 11) is 0. The van der Waals surface area contributed by atoms with Crippen LogP contribution in [0.1, 0.15) is 48.1 Å². The van der Waals surface area contributed by atoms with E-state index in [0.717, 1.165) is 57.1 Å². The molecule has 2 fully saturated rings. The second-order valence-electron chi connectivity index (χ2n) is 11.8. The van der Waals surface area contributed by atoms with Gasteiger partial charge in [-0.15, -0.1) is 0 Å². The number of nitrogens with zero attached hydrogens (tertiary/aromatic N) is 2. The fourth-order valence-electron chi connectivity index (χ4n) is 6.59. The Balaban J connectivity index is 1.29. The molecule has 8 heteroatoms. The van der Waals surface area contributed by atoms with Gasteiger partial charge in [-0.3, -0.25) is 4.90 Å². The average Bonchev–Trinajstić information content (AvgIpc) is 2.91. The third kappa shape index (κ3) is 5.56. The van der Waals surface area contributed by atoms with Crippen molar-refractivity contribution in [2.24, 2.45) is 5.41 Å². The van der Waals surface area contributed by atoms with Crippen LogP contribution in [0.5, 0.6) is 5.75 Å². The average molecular weight is 554 g/mol. The fraction of sp³-hybridized carbons (Fsp3) is 0.438. The van der Waals surface area contributed by atoms with Crippen LogP contribution in [0.4, 0.5) is 23.2 Å². The van der Waals surface area contributed by atoms with Crippen molar-refractivity contribution in [3.63, 3.8) is 0 Å². The Morgan fingerprint density at radius 1 is 0.975 bits per heavy atom. The van der Waals surface area contributed by atoms with Crippen LogP contribution in [-0.4, -0.2) is 50.1 Å². The Bertz CT molecular complexity index is 1320. The van der Waals surface area contributed by atoms with Crippen LogP contribution in [0.15, 0.2) is 60.7 Å². The number of alkyl halides is 2. The van der Waals surface area contributed by atoms with Gasteiger partial charge < -0.3 is 15.0 Å². The molecule has 3 aromatic rings. The smallest absolute Gasteiger partial charge is 0.257 e. The van der Waals surface area contributed by atoms with E-state index in [2.05, 4.69) is 5.32 Å². The normalized spacial score (nSPS) is 20.7. The van der Waals surface area contributed by atoms with Crippen LogP contribution in [0.2, 0.25) is 0 Å². The number of piperidine rings is 1. The minimum Gasteiger partial charge on any atom is -0.489 e. The Kier molecular flexibility index (Phi) is 7.25. The molecule has 3 aliphatic heterocycles. The van der Waals surface area contributed by atoms with Gasteiger partial charge in [0.05, 0.1) is 12.6 Å². The predicted octanol–water partition coefficient (Wildman–Crippen LogP) is 6.34. The lowest BCUT2D eigenvalue weighted by atomic mass is 9.72. The van der Waals surface area contributed by atoms with Crippen LogP contribution >= 0.6 is 0 Å². The minimum absolute atomic E-state index is 0.177. The number of halogens is 4. The van der Waals surface area contributed by atoms with Gasteiger partial charge in [0.15, 0.2) is 0 Å². The summed E-state index contributed by atoms with van der Waals surface area (Å²) in [6.45, 7) is 4.38. The van der Waals surface area contributed by atoms with Crippen molar-refractivity contribution in [2.75, 3.05) is 44.2 Å². The van der Waals surface area contributed by atoms with Gasteiger partial charge in [0.25, 0.3) is 5.92 Å². The van der Waals surface area contributed by atoms with E-state index < -0.39 is 30.1 Å². The largest absolute Gasteiger partial charge is 0.489 e. The zero-order valence-corrected chi connectivity index (χ0v) is 22.7. The van der Waals surface area contributed by atoms with Crippen molar-refractivity contribution < 1.29 is 22.3 Å². The second kappa shape index (κ2) is 10.7. The molecule has 4 nitrogen and oxygen atoms in total. The van der Waals surface area contributed by atoms with E-state index in [9.17, 15) is 8.78 Å². The summed E-state index contributed by atoms with van der Waals surface area (Å²) in [6, 6.07) is 16.9. The van der Waals surface area contributed by atoms with E-state index in [4.69, 9.17) is 4.74 Å². The molecule has 1 atom stereocenters. The maximum Gasteiger partial charge on any atom is 0.257 e. The molecule has 40 heavy (non-hydrogen) atoms. The Morgan fingerprint density at radius 3 is 2.35 bits per heavy atom. The molecule has 6 rings (SSSR count). The lowest BCUT2D eigenvalue weighted by Gasteiger charge is -2.53. The Morgan fingerprint density at radius 2 is 1.68 bits per heavy atom. The van der Waals surface area contributed by atoms with Gasteiger partial charge in [0.2, 0.25) is 0 Å². The molecule has 0 aromatic heterocycles. The molecular weight excluding hydrogens is 518 g/mol. The maximum absolute atomic E-state index is 15.8. The molecule has 2 saturated heterocycles. The predicted molar refractivity (Wildman–Crippen MR) is 148 cm³/mol. The van der Waals surface area contributed by atoms with Crippen molar-refractivity contribution in [3.05, 3.63) is 94.6 Å². The molecular formula is C32H35F4N3O. The molecule has 0 amide bonds.